The normalized spacial score (nSPS) is 11.9. The highest BCUT2D eigenvalue weighted by Gasteiger charge is 2.23. The zero-order valence-electron chi connectivity index (χ0n) is 11.7. The van der Waals surface area contributed by atoms with Gasteiger partial charge in [-0.3, -0.25) is 0 Å². The minimum absolute atomic E-state index is 0.185. The molecule has 2 N–H and O–H groups in total. The van der Waals surface area contributed by atoms with Crippen molar-refractivity contribution in [3.8, 4) is 11.4 Å². The summed E-state index contributed by atoms with van der Waals surface area (Å²) in [6.45, 7) is 8.26. The highest BCUT2D eigenvalue weighted by molar-refractivity contribution is 5.57. The Kier molecular flexibility index (Phi) is 3.41. The maximum atomic E-state index is 13.4. The molecule has 1 aromatic carbocycles. The summed E-state index contributed by atoms with van der Waals surface area (Å²) >= 11 is 0. The molecule has 0 saturated heterocycles. The number of benzene rings is 1. The summed E-state index contributed by atoms with van der Waals surface area (Å²) in [5.74, 6) is 1.23. The molecule has 0 aliphatic carbocycles. The first-order chi connectivity index (χ1) is 8.84. The number of aromatic nitrogens is 3. The molecule has 0 fully saturated rings. The molecule has 1 aromatic heterocycles. The summed E-state index contributed by atoms with van der Waals surface area (Å²) in [5.41, 5.74) is 6.97. The number of nitrogens with two attached hydrogens (primary N) is 1. The van der Waals surface area contributed by atoms with Gasteiger partial charge in [0, 0.05) is 11.1 Å². The lowest BCUT2D eigenvalue weighted by atomic mass is 10.1. The molecule has 0 saturated carbocycles. The van der Waals surface area contributed by atoms with Gasteiger partial charge in [-0.15, -0.1) is 10.2 Å². The van der Waals surface area contributed by atoms with Crippen LogP contribution in [-0.4, -0.2) is 14.8 Å². The van der Waals surface area contributed by atoms with Crippen LogP contribution in [0, 0.1) is 12.7 Å². The quantitative estimate of drug-likeness (QED) is 0.905. The van der Waals surface area contributed by atoms with E-state index in [-0.39, 0.29) is 11.4 Å². The first-order valence-corrected chi connectivity index (χ1v) is 6.26. The fourth-order valence-corrected chi connectivity index (χ4v) is 2.12. The molecule has 1 heterocycles. The molecule has 4 nitrogen and oxygen atoms in total. The molecule has 0 unspecified atom stereocenters. The third kappa shape index (κ3) is 2.51. The van der Waals surface area contributed by atoms with Crippen molar-refractivity contribution in [3.63, 3.8) is 0 Å². The Hall–Kier alpha value is -1.75. The Balaban J connectivity index is 2.62. The lowest BCUT2D eigenvalue weighted by molar-refractivity contribution is 0.386. The number of halogens is 1. The summed E-state index contributed by atoms with van der Waals surface area (Å²) in [4.78, 5) is 0. The van der Waals surface area contributed by atoms with Crippen LogP contribution in [0.2, 0.25) is 0 Å². The van der Waals surface area contributed by atoms with Gasteiger partial charge < -0.3 is 10.3 Å². The summed E-state index contributed by atoms with van der Waals surface area (Å²) in [7, 11) is 0. The largest absolute Gasteiger partial charge is 0.324 e. The van der Waals surface area contributed by atoms with Gasteiger partial charge in [-0.25, -0.2) is 4.39 Å². The van der Waals surface area contributed by atoms with E-state index in [4.69, 9.17) is 5.73 Å². The zero-order chi connectivity index (χ0) is 14.2. The fourth-order valence-electron chi connectivity index (χ4n) is 2.12. The number of aryl methyl sites for hydroxylation is 1. The van der Waals surface area contributed by atoms with Crippen LogP contribution in [0.15, 0.2) is 18.2 Å². The zero-order valence-corrected chi connectivity index (χ0v) is 11.7. The van der Waals surface area contributed by atoms with Gasteiger partial charge in [-0.05, 0) is 51.5 Å². The van der Waals surface area contributed by atoms with Crippen LogP contribution in [0.1, 0.15) is 32.2 Å². The third-order valence-corrected chi connectivity index (χ3v) is 3.00. The minimum Gasteiger partial charge on any atom is -0.324 e. The fraction of sp³-hybridized carbons (Fsp3) is 0.429. The lowest BCUT2D eigenvalue weighted by Gasteiger charge is -2.24. The van der Waals surface area contributed by atoms with E-state index in [0.717, 1.165) is 17.2 Å². The van der Waals surface area contributed by atoms with E-state index in [0.29, 0.717) is 12.1 Å². The molecular formula is C14H19FN4. The van der Waals surface area contributed by atoms with Crippen LogP contribution in [0.4, 0.5) is 4.39 Å². The highest BCUT2D eigenvalue weighted by Crippen LogP contribution is 2.27. The predicted octanol–water partition coefficient (Wildman–Crippen LogP) is 2.61. The Bertz CT molecular complexity index is 596. The predicted molar refractivity (Wildman–Crippen MR) is 73.0 cm³/mol. The van der Waals surface area contributed by atoms with Crippen molar-refractivity contribution >= 4 is 0 Å². The second-order valence-corrected chi connectivity index (χ2v) is 5.61. The summed E-state index contributed by atoms with van der Waals surface area (Å²) in [5, 5.41) is 8.33. The van der Waals surface area contributed by atoms with Gasteiger partial charge in [0.15, 0.2) is 5.82 Å². The number of nitrogens with zero attached hydrogens (tertiary/aromatic N) is 3. The number of rotatable bonds is 2. The maximum absolute atomic E-state index is 13.4. The molecule has 0 radical (unpaired) electrons. The standard InChI is InChI=1S/C14H19FN4/c1-9-7-10(5-6-11(9)15)13-18-17-12(8-16)19(13)14(2,3)4/h5-7H,8,16H2,1-4H3. The molecule has 102 valence electrons. The van der Waals surface area contributed by atoms with Gasteiger partial charge in [0.2, 0.25) is 0 Å². The molecular weight excluding hydrogens is 243 g/mol. The third-order valence-electron chi connectivity index (χ3n) is 3.00. The Labute approximate surface area is 112 Å². The van der Waals surface area contributed by atoms with Crippen LogP contribution in [0.5, 0.6) is 0 Å². The first kappa shape index (κ1) is 13.7. The average molecular weight is 262 g/mol. The van der Waals surface area contributed by atoms with E-state index < -0.39 is 0 Å². The molecule has 5 heteroatoms. The number of hydrogen-bond acceptors (Lipinski definition) is 3. The Morgan fingerprint density at radius 3 is 2.47 bits per heavy atom. The van der Waals surface area contributed by atoms with Crippen molar-refractivity contribution in [2.75, 3.05) is 0 Å². The van der Waals surface area contributed by atoms with E-state index >= 15 is 0 Å². The van der Waals surface area contributed by atoms with Gasteiger partial charge in [0.25, 0.3) is 0 Å². The summed E-state index contributed by atoms with van der Waals surface area (Å²) in [6.07, 6.45) is 0. The average Bonchev–Trinajstić information content (AvgIpc) is 2.76. The van der Waals surface area contributed by atoms with Crippen LogP contribution < -0.4 is 5.73 Å². The molecule has 2 aromatic rings. The molecule has 0 amide bonds. The minimum atomic E-state index is -0.218. The van der Waals surface area contributed by atoms with Gasteiger partial charge in [0.1, 0.15) is 11.6 Å². The Morgan fingerprint density at radius 2 is 1.95 bits per heavy atom. The van der Waals surface area contributed by atoms with Crippen molar-refractivity contribution in [2.45, 2.75) is 39.8 Å². The van der Waals surface area contributed by atoms with Gasteiger partial charge >= 0.3 is 0 Å². The van der Waals surface area contributed by atoms with Crippen molar-refractivity contribution < 1.29 is 4.39 Å². The van der Waals surface area contributed by atoms with E-state index in [1.807, 2.05) is 4.57 Å². The molecule has 2 rings (SSSR count). The van der Waals surface area contributed by atoms with Crippen molar-refractivity contribution in [2.24, 2.45) is 5.73 Å². The van der Waals surface area contributed by atoms with Gasteiger partial charge in [-0.1, -0.05) is 0 Å². The van der Waals surface area contributed by atoms with E-state index in [2.05, 4.69) is 31.0 Å². The van der Waals surface area contributed by atoms with Crippen LogP contribution >= 0.6 is 0 Å². The second kappa shape index (κ2) is 4.74. The molecule has 0 aliphatic rings. The highest BCUT2D eigenvalue weighted by atomic mass is 19.1. The number of hydrogen-bond donors (Lipinski definition) is 1. The topological polar surface area (TPSA) is 56.7 Å². The van der Waals surface area contributed by atoms with Crippen molar-refractivity contribution in [1.29, 1.82) is 0 Å². The van der Waals surface area contributed by atoms with Crippen molar-refractivity contribution in [1.82, 2.24) is 14.8 Å². The van der Waals surface area contributed by atoms with E-state index in [1.54, 1.807) is 19.1 Å². The summed E-state index contributed by atoms with van der Waals surface area (Å²) in [6, 6.07) is 4.95. The smallest absolute Gasteiger partial charge is 0.164 e. The molecule has 0 aliphatic heterocycles. The van der Waals surface area contributed by atoms with Crippen molar-refractivity contribution in [3.05, 3.63) is 35.4 Å². The first-order valence-electron chi connectivity index (χ1n) is 6.26. The van der Waals surface area contributed by atoms with E-state index in [9.17, 15) is 4.39 Å². The second-order valence-electron chi connectivity index (χ2n) is 5.61. The molecule has 0 spiro atoms. The molecule has 0 bridgehead atoms. The lowest BCUT2D eigenvalue weighted by Crippen LogP contribution is -2.26. The van der Waals surface area contributed by atoms with E-state index in [1.165, 1.54) is 6.07 Å². The van der Waals surface area contributed by atoms with Crippen LogP contribution in [0.3, 0.4) is 0 Å². The van der Waals surface area contributed by atoms with Gasteiger partial charge in [-0.2, -0.15) is 0 Å². The van der Waals surface area contributed by atoms with Crippen LogP contribution in [-0.2, 0) is 12.1 Å². The Morgan fingerprint density at radius 1 is 1.26 bits per heavy atom. The monoisotopic (exact) mass is 262 g/mol. The molecule has 0 atom stereocenters. The van der Waals surface area contributed by atoms with Crippen LogP contribution in [0.25, 0.3) is 11.4 Å². The van der Waals surface area contributed by atoms with Gasteiger partial charge in [0.05, 0.1) is 6.54 Å². The maximum Gasteiger partial charge on any atom is 0.164 e. The SMILES string of the molecule is Cc1cc(-c2nnc(CN)n2C(C)(C)C)ccc1F. The molecule has 19 heavy (non-hydrogen) atoms. The summed E-state index contributed by atoms with van der Waals surface area (Å²) < 4.78 is 15.4.